The highest BCUT2D eigenvalue weighted by atomic mass is 16.5. The molecular weight excluding hydrogens is 246 g/mol. The second-order valence-electron chi connectivity index (χ2n) is 4.09. The van der Waals surface area contributed by atoms with E-state index in [0.29, 0.717) is 17.9 Å². The second-order valence-corrected chi connectivity index (χ2v) is 4.09. The number of fused-ring (bicyclic) bond motifs is 1. The summed E-state index contributed by atoms with van der Waals surface area (Å²) in [5.41, 5.74) is 2.64. The Morgan fingerprint density at radius 2 is 2.37 bits per heavy atom. The number of amides is 1. The minimum atomic E-state index is -0.334. The Labute approximate surface area is 110 Å². The van der Waals surface area contributed by atoms with E-state index in [0.717, 1.165) is 17.5 Å². The third kappa shape index (κ3) is 3.01. The van der Waals surface area contributed by atoms with Gasteiger partial charge in [-0.3, -0.25) is 4.79 Å². The van der Waals surface area contributed by atoms with Gasteiger partial charge in [-0.05, 0) is 36.6 Å². The first-order valence-corrected chi connectivity index (χ1v) is 5.85. The minimum absolute atomic E-state index is 0.0251. The smallest absolute Gasteiger partial charge is 0.258 e. The molecule has 0 fully saturated rings. The first-order valence-electron chi connectivity index (χ1n) is 5.85. The first kappa shape index (κ1) is 12.9. The van der Waals surface area contributed by atoms with Crippen LogP contribution >= 0.6 is 0 Å². The normalized spacial score (nSPS) is 14.8. The molecule has 19 heavy (non-hydrogen) atoms. The van der Waals surface area contributed by atoms with Crippen molar-refractivity contribution in [2.75, 3.05) is 13.2 Å². The molecule has 2 rings (SSSR count). The van der Waals surface area contributed by atoms with Crippen molar-refractivity contribution in [1.82, 2.24) is 5.32 Å². The van der Waals surface area contributed by atoms with E-state index in [1.54, 1.807) is 6.07 Å². The lowest BCUT2D eigenvalue weighted by Gasteiger charge is -2.07. The molecule has 0 aliphatic heterocycles. The maximum Gasteiger partial charge on any atom is 0.258 e. The predicted octanol–water partition coefficient (Wildman–Crippen LogP) is 0.830. The summed E-state index contributed by atoms with van der Waals surface area (Å²) in [6.07, 6.45) is 1.50. The molecule has 1 aliphatic carbocycles. The molecule has 0 spiro atoms. The Bertz CT molecular complexity index is 561. The number of nitriles is 1. The number of ether oxygens (including phenoxy) is 1. The summed E-state index contributed by atoms with van der Waals surface area (Å²) in [6.45, 7) is -0.149. The fraction of sp³-hybridized carbons (Fsp3) is 0.308. The van der Waals surface area contributed by atoms with Crippen LogP contribution in [0.15, 0.2) is 23.4 Å². The third-order valence-electron chi connectivity index (χ3n) is 2.87. The largest absolute Gasteiger partial charge is 0.484 e. The number of nitrogens with zero attached hydrogens (tertiary/aromatic N) is 2. The van der Waals surface area contributed by atoms with Crippen molar-refractivity contribution in [2.24, 2.45) is 5.16 Å². The number of hydrogen-bond donors (Lipinski definition) is 2. The standard InChI is InChI=1S/C13H13N3O3/c14-5-6-15-13(17)8-19-10-2-3-11-9(7-10)1-4-12(11)16-18/h2-3,7,18H,1,4,6,8H2,(H,15,17)/b16-12-. The van der Waals surface area contributed by atoms with Crippen LogP contribution in [0.4, 0.5) is 0 Å². The predicted molar refractivity (Wildman–Crippen MR) is 67.2 cm³/mol. The molecule has 2 N–H and O–H groups in total. The van der Waals surface area contributed by atoms with Gasteiger partial charge in [-0.25, -0.2) is 0 Å². The quantitative estimate of drug-likeness (QED) is 0.475. The SMILES string of the molecule is N#CCNC(=O)COc1ccc2c(c1)CC/C2=N/O. The Balaban J connectivity index is 1.97. The Morgan fingerprint density at radius 3 is 3.11 bits per heavy atom. The van der Waals surface area contributed by atoms with Gasteiger partial charge in [-0.1, -0.05) is 5.16 Å². The average Bonchev–Trinajstić information content (AvgIpc) is 2.85. The van der Waals surface area contributed by atoms with E-state index in [1.807, 2.05) is 18.2 Å². The molecule has 0 bridgehead atoms. The van der Waals surface area contributed by atoms with Crippen LogP contribution in [0, 0.1) is 11.3 Å². The molecule has 0 heterocycles. The molecule has 0 unspecified atom stereocenters. The lowest BCUT2D eigenvalue weighted by molar-refractivity contribution is -0.122. The van der Waals surface area contributed by atoms with Crippen molar-refractivity contribution < 1.29 is 14.7 Å². The molecule has 98 valence electrons. The van der Waals surface area contributed by atoms with Crippen LogP contribution in [0.25, 0.3) is 0 Å². The van der Waals surface area contributed by atoms with Crippen LogP contribution < -0.4 is 10.1 Å². The molecular formula is C13H13N3O3. The second kappa shape index (κ2) is 5.87. The zero-order chi connectivity index (χ0) is 13.7. The van der Waals surface area contributed by atoms with Gasteiger partial charge in [-0.2, -0.15) is 5.26 Å². The molecule has 1 aliphatic rings. The molecule has 0 saturated carbocycles. The minimum Gasteiger partial charge on any atom is -0.484 e. The lowest BCUT2D eigenvalue weighted by atomic mass is 10.1. The highest BCUT2D eigenvalue weighted by molar-refractivity contribution is 6.04. The van der Waals surface area contributed by atoms with Gasteiger partial charge in [0, 0.05) is 5.56 Å². The number of benzene rings is 1. The van der Waals surface area contributed by atoms with Crippen molar-refractivity contribution >= 4 is 11.6 Å². The topological polar surface area (TPSA) is 94.7 Å². The van der Waals surface area contributed by atoms with Crippen molar-refractivity contribution in [3.63, 3.8) is 0 Å². The van der Waals surface area contributed by atoms with Gasteiger partial charge < -0.3 is 15.3 Å². The summed E-state index contributed by atoms with van der Waals surface area (Å²) in [5, 5.41) is 22.8. The number of aryl methyl sites for hydroxylation is 1. The number of nitrogens with one attached hydrogen (secondary N) is 1. The van der Waals surface area contributed by atoms with E-state index in [9.17, 15) is 4.79 Å². The average molecular weight is 259 g/mol. The fourth-order valence-electron chi connectivity index (χ4n) is 1.98. The van der Waals surface area contributed by atoms with Gasteiger partial charge in [0.2, 0.25) is 0 Å². The van der Waals surface area contributed by atoms with E-state index >= 15 is 0 Å². The monoisotopic (exact) mass is 259 g/mol. The lowest BCUT2D eigenvalue weighted by Crippen LogP contribution is -2.29. The summed E-state index contributed by atoms with van der Waals surface area (Å²) >= 11 is 0. The fourth-order valence-corrected chi connectivity index (χ4v) is 1.98. The summed E-state index contributed by atoms with van der Waals surface area (Å²) in [6, 6.07) is 7.20. The third-order valence-corrected chi connectivity index (χ3v) is 2.87. The summed E-state index contributed by atoms with van der Waals surface area (Å²) in [4.78, 5) is 11.3. The summed E-state index contributed by atoms with van der Waals surface area (Å²) in [5.74, 6) is 0.254. The van der Waals surface area contributed by atoms with Crippen LogP contribution in [-0.2, 0) is 11.2 Å². The van der Waals surface area contributed by atoms with E-state index in [4.69, 9.17) is 15.2 Å². The molecule has 6 heteroatoms. The van der Waals surface area contributed by atoms with Crippen LogP contribution in [0.2, 0.25) is 0 Å². The van der Waals surface area contributed by atoms with Gasteiger partial charge in [0.1, 0.15) is 12.3 Å². The van der Waals surface area contributed by atoms with Crippen LogP contribution in [0.3, 0.4) is 0 Å². The number of carbonyl (C=O) groups is 1. The molecule has 0 saturated heterocycles. The molecule has 0 aromatic heterocycles. The van der Waals surface area contributed by atoms with E-state index in [-0.39, 0.29) is 19.1 Å². The van der Waals surface area contributed by atoms with Gasteiger partial charge in [-0.15, -0.1) is 0 Å². The number of carbonyl (C=O) groups excluding carboxylic acids is 1. The van der Waals surface area contributed by atoms with Gasteiger partial charge in [0.05, 0.1) is 11.8 Å². The molecule has 1 aromatic carbocycles. The highest BCUT2D eigenvalue weighted by Crippen LogP contribution is 2.26. The molecule has 1 aromatic rings. The van der Waals surface area contributed by atoms with E-state index in [2.05, 4.69) is 10.5 Å². The Hall–Kier alpha value is -2.55. The highest BCUT2D eigenvalue weighted by Gasteiger charge is 2.18. The molecule has 0 radical (unpaired) electrons. The van der Waals surface area contributed by atoms with Crippen molar-refractivity contribution in [3.8, 4) is 11.8 Å². The molecule has 1 amide bonds. The Kier molecular flexibility index (Phi) is 3.98. The van der Waals surface area contributed by atoms with Crippen LogP contribution in [0.5, 0.6) is 5.75 Å². The van der Waals surface area contributed by atoms with E-state index in [1.165, 1.54) is 0 Å². The number of rotatable bonds is 4. The molecule has 6 nitrogen and oxygen atoms in total. The number of hydrogen-bond acceptors (Lipinski definition) is 5. The first-order chi connectivity index (χ1) is 9.24. The van der Waals surface area contributed by atoms with Crippen molar-refractivity contribution in [3.05, 3.63) is 29.3 Å². The zero-order valence-corrected chi connectivity index (χ0v) is 10.2. The van der Waals surface area contributed by atoms with E-state index < -0.39 is 0 Å². The van der Waals surface area contributed by atoms with Crippen LogP contribution in [0.1, 0.15) is 17.5 Å². The Morgan fingerprint density at radius 1 is 1.53 bits per heavy atom. The maximum absolute atomic E-state index is 11.3. The summed E-state index contributed by atoms with van der Waals surface area (Å²) < 4.78 is 5.34. The van der Waals surface area contributed by atoms with Crippen molar-refractivity contribution in [2.45, 2.75) is 12.8 Å². The van der Waals surface area contributed by atoms with Gasteiger partial charge in [0.25, 0.3) is 5.91 Å². The van der Waals surface area contributed by atoms with Gasteiger partial charge in [0.15, 0.2) is 6.61 Å². The van der Waals surface area contributed by atoms with Crippen molar-refractivity contribution in [1.29, 1.82) is 5.26 Å². The number of oxime groups is 1. The van der Waals surface area contributed by atoms with Gasteiger partial charge >= 0.3 is 0 Å². The zero-order valence-electron chi connectivity index (χ0n) is 10.2. The van der Waals surface area contributed by atoms with Crippen LogP contribution in [-0.4, -0.2) is 30.0 Å². The summed E-state index contributed by atoms with van der Waals surface area (Å²) in [7, 11) is 0. The maximum atomic E-state index is 11.3. The molecule has 0 atom stereocenters.